The lowest BCUT2D eigenvalue weighted by Gasteiger charge is -2.47. The maximum absolute atomic E-state index is 6.32. The zero-order valence-electron chi connectivity index (χ0n) is 12.4. The summed E-state index contributed by atoms with van der Waals surface area (Å²) in [6.45, 7) is 10.9. The number of nitrogens with two attached hydrogens (primary N) is 1. The van der Waals surface area contributed by atoms with Gasteiger partial charge >= 0.3 is 0 Å². The molecule has 1 rings (SSSR count). The number of hydrogen-bond donors (Lipinski definition) is 2. The van der Waals surface area contributed by atoms with Crippen LogP contribution in [0.4, 0.5) is 0 Å². The van der Waals surface area contributed by atoms with Crippen molar-refractivity contribution < 1.29 is 0 Å². The summed E-state index contributed by atoms with van der Waals surface area (Å²) >= 11 is 8.00. The summed E-state index contributed by atoms with van der Waals surface area (Å²) < 4.78 is 0. The Labute approximate surface area is 126 Å². The van der Waals surface area contributed by atoms with Crippen molar-refractivity contribution in [3.63, 3.8) is 0 Å². The van der Waals surface area contributed by atoms with E-state index in [9.17, 15) is 0 Å². The third-order valence-corrected chi connectivity index (χ3v) is 5.65. The number of thiophene rings is 1. The Balaban J connectivity index is 3.25. The summed E-state index contributed by atoms with van der Waals surface area (Å²) in [6.07, 6.45) is 2.07. The van der Waals surface area contributed by atoms with E-state index in [1.54, 1.807) is 11.3 Å². The number of rotatable bonds is 8. The number of hydrazine groups is 1. The normalized spacial score (nSPS) is 14.1. The second kappa shape index (κ2) is 7.60. The maximum atomic E-state index is 6.32. The molecule has 110 valence electrons. The zero-order chi connectivity index (χ0) is 14.5. The lowest BCUT2D eigenvalue weighted by atomic mass is 9.82. The molecule has 1 atom stereocenters. The van der Waals surface area contributed by atoms with Crippen LogP contribution in [-0.4, -0.2) is 23.5 Å². The van der Waals surface area contributed by atoms with E-state index in [0.717, 1.165) is 35.8 Å². The maximum Gasteiger partial charge on any atom is 0.0751 e. The third-order valence-electron chi connectivity index (χ3n) is 4.23. The number of nitrogens with zero attached hydrogens (tertiary/aromatic N) is 1. The molecule has 0 saturated heterocycles. The SMILES string of the molecule is CCN(CC)C(CC)(CC)C(NN)c1sccc1Cl. The zero-order valence-corrected chi connectivity index (χ0v) is 13.9. The smallest absolute Gasteiger partial charge is 0.0751 e. The molecule has 5 heteroatoms. The fraction of sp³-hybridized carbons (Fsp3) is 0.714. The van der Waals surface area contributed by atoms with Crippen molar-refractivity contribution in [1.82, 2.24) is 10.3 Å². The monoisotopic (exact) mass is 303 g/mol. The second-order valence-electron chi connectivity index (χ2n) is 4.72. The average molecular weight is 304 g/mol. The van der Waals surface area contributed by atoms with Crippen molar-refractivity contribution in [2.75, 3.05) is 13.1 Å². The summed E-state index contributed by atoms with van der Waals surface area (Å²) in [4.78, 5) is 3.63. The molecule has 0 aliphatic rings. The Morgan fingerprint density at radius 1 is 1.32 bits per heavy atom. The van der Waals surface area contributed by atoms with E-state index < -0.39 is 0 Å². The van der Waals surface area contributed by atoms with Crippen LogP contribution in [0.15, 0.2) is 11.4 Å². The second-order valence-corrected chi connectivity index (χ2v) is 6.07. The van der Waals surface area contributed by atoms with Crippen LogP contribution >= 0.6 is 22.9 Å². The molecule has 0 saturated carbocycles. The first kappa shape index (κ1) is 16.9. The molecule has 3 nitrogen and oxygen atoms in total. The first-order valence-electron chi connectivity index (χ1n) is 7.05. The van der Waals surface area contributed by atoms with Gasteiger partial charge in [-0.05, 0) is 37.4 Å². The van der Waals surface area contributed by atoms with E-state index in [4.69, 9.17) is 17.4 Å². The molecule has 0 bridgehead atoms. The number of halogens is 1. The average Bonchev–Trinajstić information content (AvgIpc) is 2.85. The molecule has 1 aromatic rings. The van der Waals surface area contributed by atoms with Gasteiger partial charge in [-0.3, -0.25) is 16.2 Å². The van der Waals surface area contributed by atoms with Gasteiger partial charge in [-0.25, -0.2) is 0 Å². The van der Waals surface area contributed by atoms with Gasteiger partial charge in [0.25, 0.3) is 0 Å². The molecule has 1 heterocycles. The van der Waals surface area contributed by atoms with Gasteiger partial charge in [-0.1, -0.05) is 39.3 Å². The van der Waals surface area contributed by atoms with Crippen molar-refractivity contribution >= 4 is 22.9 Å². The minimum atomic E-state index is 0.00669. The van der Waals surface area contributed by atoms with Crippen LogP contribution in [0.3, 0.4) is 0 Å². The van der Waals surface area contributed by atoms with E-state index in [0.29, 0.717) is 0 Å². The molecule has 0 amide bonds. The predicted octanol–water partition coefficient (Wildman–Crippen LogP) is 3.81. The van der Waals surface area contributed by atoms with Crippen LogP contribution in [0.2, 0.25) is 5.02 Å². The molecule has 1 aromatic heterocycles. The lowest BCUT2D eigenvalue weighted by Crippen LogP contribution is -2.57. The fourth-order valence-corrected chi connectivity index (χ4v) is 4.46. The molecule has 0 aliphatic heterocycles. The summed E-state index contributed by atoms with van der Waals surface area (Å²) in [5.74, 6) is 5.89. The number of likely N-dealkylation sites (N-methyl/N-ethyl adjacent to an activating group) is 1. The van der Waals surface area contributed by atoms with Gasteiger partial charge in [-0.2, -0.15) is 0 Å². The molecule has 0 spiro atoms. The highest BCUT2D eigenvalue weighted by molar-refractivity contribution is 7.10. The van der Waals surface area contributed by atoms with E-state index in [1.807, 2.05) is 11.4 Å². The molecule has 19 heavy (non-hydrogen) atoms. The van der Waals surface area contributed by atoms with Crippen molar-refractivity contribution in [1.29, 1.82) is 0 Å². The predicted molar refractivity (Wildman–Crippen MR) is 85.6 cm³/mol. The third kappa shape index (κ3) is 3.14. The highest BCUT2D eigenvalue weighted by Gasteiger charge is 2.41. The van der Waals surface area contributed by atoms with Gasteiger partial charge in [0.15, 0.2) is 0 Å². The molecule has 0 aliphatic carbocycles. The van der Waals surface area contributed by atoms with Gasteiger partial charge in [0.05, 0.1) is 11.1 Å². The molecule has 0 fully saturated rings. The quantitative estimate of drug-likeness (QED) is 0.567. The standard InChI is InChI=1S/C14H26ClN3S/c1-5-14(6-2,18(7-3)8-4)13(17-16)12-11(15)9-10-19-12/h9-10,13,17H,5-8,16H2,1-4H3. The van der Waals surface area contributed by atoms with Gasteiger partial charge < -0.3 is 0 Å². The largest absolute Gasteiger partial charge is 0.296 e. The summed E-state index contributed by atoms with van der Waals surface area (Å²) in [7, 11) is 0. The Kier molecular flexibility index (Phi) is 6.77. The lowest BCUT2D eigenvalue weighted by molar-refractivity contribution is 0.0500. The topological polar surface area (TPSA) is 41.3 Å². The Hall–Kier alpha value is -0.130. The summed E-state index contributed by atoms with van der Waals surface area (Å²) in [5, 5.41) is 2.84. The minimum absolute atomic E-state index is 0.00669. The van der Waals surface area contributed by atoms with Gasteiger partial charge in [0.2, 0.25) is 0 Å². The van der Waals surface area contributed by atoms with Crippen LogP contribution in [0.1, 0.15) is 51.5 Å². The van der Waals surface area contributed by atoms with Crippen LogP contribution in [0, 0.1) is 0 Å². The first-order valence-corrected chi connectivity index (χ1v) is 8.30. The Morgan fingerprint density at radius 3 is 2.21 bits per heavy atom. The van der Waals surface area contributed by atoms with Crippen LogP contribution in [0.25, 0.3) is 0 Å². The molecule has 0 aromatic carbocycles. The van der Waals surface area contributed by atoms with Gasteiger partial charge in [-0.15, -0.1) is 11.3 Å². The molecule has 0 radical (unpaired) electrons. The van der Waals surface area contributed by atoms with E-state index in [2.05, 4.69) is 38.0 Å². The summed E-state index contributed by atoms with van der Waals surface area (Å²) in [6, 6.07) is 2.01. The minimum Gasteiger partial charge on any atom is -0.296 e. The summed E-state index contributed by atoms with van der Waals surface area (Å²) in [5.41, 5.74) is 3.03. The molecular formula is C14H26ClN3S. The van der Waals surface area contributed by atoms with Crippen molar-refractivity contribution in [3.8, 4) is 0 Å². The van der Waals surface area contributed by atoms with E-state index >= 15 is 0 Å². The van der Waals surface area contributed by atoms with Gasteiger partial charge in [0.1, 0.15) is 0 Å². The molecular weight excluding hydrogens is 278 g/mol. The Morgan fingerprint density at radius 2 is 1.89 bits per heavy atom. The van der Waals surface area contributed by atoms with Crippen molar-refractivity contribution in [3.05, 3.63) is 21.3 Å². The van der Waals surface area contributed by atoms with Crippen LogP contribution in [-0.2, 0) is 0 Å². The van der Waals surface area contributed by atoms with Crippen LogP contribution in [0.5, 0.6) is 0 Å². The van der Waals surface area contributed by atoms with Crippen molar-refractivity contribution in [2.45, 2.75) is 52.1 Å². The van der Waals surface area contributed by atoms with Gasteiger partial charge in [0, 0.05) is 10.4 Å². The number of nitrogens with one attached hydrogen (secondary N) is 1. The van der Waals surface area contributed by atoms with Crippen LogP contribution < -0.4 is 11.3 Å². The van der Waals surface area contributed by atoms with Crippen molar-refractivity contribution in [2.24, 2.45) is 5.84 Å². The first-order chi connectivity index (χ1) is 9.11. The van der Waals surface area contributed by atoms with E-state index in [-0.39, 0.29) is 11.6 Å². The number of hydrogen-bond acceptors (Lipinski definition) is 4. The van der Waals surface area contributed by atoms with E-state index in [1.165, 1.54) is 0 Å². The highest BCUT2D eigenvalue weighted by Crippen LogP contribution is 2.41. The Bertz CT molecular complexity index is 373. The molecule has 3 N–H and O–H groups in total. The highest BCUT2D eigenvalue weighted by atomic mass is 35.5. The fourth-order valence-electron chi connectivity index (χ4n) is 3.13. The molecule has 1 unspecified atom stereocenters.